The SMILES string of the molecule is COCCC(NC(=O)N(C)C1CCC(C)CC1)C(=O)O. The van der Waals surface area contributed by atoms with Crippen molar-refractivity contribution in [1.82, 2.24) is 10.2 Å². The van der Waals surface area contributed by atoms with Crippen molar-refractivity contribution in [1.29, 1.82) is 0 Å². The topological polar surface area (TPSA) is 78.9 Å². The standard InChI is InChI=1S/C14H26N2O4/c1-10-4-6-11(7-5-10)16(2)14(19)15-12(13(17)18)8-9-20-3/h10-12H,4-9H2,1-3H3,(H,15,19)(H,17,18). The van der Waals surface area contributed by atoms with E-state index in [0.29, 0.717) is 6.61 Å². The lowest BCUT2D eigenvalue weighted by molar-refractivity contribution is -0.139. The van der Waals surface area contributed by atoms with E-state index in [1.807, 2.05) is 0 Å². The number of methoxy groups -OCH3 is 1. The third kappa shape index (κ3) is 5.00. The molecule has 0 bridgehead atoms. The van der Waals surface area contributed by atoms with Gasteiger partial charge in [-0.05, 0) is 31.6 Å². The minimum absolute atomic E-state index is 0.211. The van der Waals surface area contributed by atoms with Gasteiger partial charge in [-0.15, -0.1) is 0 Å². The maximum atomic E-state index is 12.1. The van der Waals surface area contributed by atoms with Crippen molar-refractivity contribution < 1.29 is 19.4 Å². The second-order valence-electron chi connectivity index (χ2n) is 5.65. The molecule has 2 N–H and O–H groups in total. The van der Waals surface area contributed by atoms with Gasteiger partial charge in [0.1, 0.15) is 6.04 Å². The molecule has 116 valence electrons. The van der Waals surface area contributed by atoms with Crippen LogP contribution in [-0.2, 0) is 9.53 Å². The summed E-state index contributed by atoms with van der Waals surface area (Å²) in [6.07, 6.45) is 4.48. The van der Waals surface area contributed by atoms with E-state index in [0.717, 1.165) is 31.6 Å². The van der Waals surface area contributed by atoms with Crippen molar-refractivity contribution in [2.24, 2.45) is 5.92 Å². The van der Waals surface area contributed by atoms with Crippen LogP contribution >= 0.6 is 0 Å². The predicted molar refractivity (Wildman–Crippen MR) is 75.6 cm³/mol. The van der Waals surface area contributed by atoms with Gasteiger partial charge in [-0.25, -0.2) is 9.59 Å². The first-order chi connectivity index (χ1) is 9.45. The Labute approximate surface area is 120 Å². The molecule has 1 atom stereocenters. The number of carbonyl (C=O) groups is 2. The third-order valence-corrected chi connectivity index (χ3v) is 4.06. The molecule has 20 heavy (non-hydrogen) atoms. The van der Waals surface area contributed by atoms with Crippen molar-refractivity contribution >= 4 is 12.0 Å². The fourth-order valence-corrected chi connectivity index (χ4v) is 2.54. The number of rotatable bonds is 6. The van der Waals surface area contributed by atoms with Gasteiger partial charge in [-0.3, -0.25) is 0 Å². The van der Waals surface area contributed by atoms with E-state index in [-0.39, 0.29) is 18.5 Å². The lowest BCUT2D eigenvalue weighted by Crippen LogP contribution is -2.50. The van der Waals surface area contributed by atoms with Crippen LogP contribution in [0.3, 0.4) is 0 Å². The van der Waals surface area contributed by atoms with Gasteiger partial charge in [-0.1, -0.05) is 6.92 Å². The number of nitrogens with one attached hydrogen (secondary N) is 1. The molecule has 0 aliphatic heterocycles. The maximum Gasteiger partial charge on any atom is 0.326 e. The summed E-state index contributed by atoms with van der Waals surface area (Å²) < 4.78 is 4.86. The quantitative estimate of drug-likeness (QED) is 0.779. The number of ether oxygens (including phenoxy) is 1. The molecule has 0 radical (unpaired) electrons. The lowest BCUT2D eigenvalue weighted by Gasteiger charge is -2.34. The van der Waals surface area contributed by atoms with Crippen LogP contribution in [0.2, 0.25) is 0 Å². The molecule has 0 saturated heterocycles. The van der Waals surface area contributed by atoms with Crippen molar-refractivity contribution in [2.45, 2.75) is 51.1 Å². The van der Waals surface area contributed by atoms with E-state index >= 15 is 0 Å². The van der Waals surface area contributed by atoms with Crippen LogP contribution in [0.1, 0.15) is 39.0 Å². The van der Waals surface area contributed by atoms with E-state index in [2.05, 4.69) is 12.2 Å². The molecule has 0 aromatic carbocycles. The number of urea groups is 1. The smallest absolute Gasteiger partial charge is 0.326 e. The van der Waals surface area contributed by atoms with Crippen LogP contribution in [0, 0.1) is 5.92 Å². The minimum Gasteiger partial charge on any atom is -0.480 e. The summed E-state index contributed by atoms with van der Waals surface area (Å²) in [5, 5.41) is 11.7. The maximum absolute atomic E-state index is 12.1. The van der Waals surface area contributed by atoms with Crippen LogP contribution in [0.5, 0.6) is 0 Å². The van der Waals surface area contributed by atoms with Gasteiger partial charge in [0.15, 0.2) is 0 Å². The molecule has 6 heteroatoms. The average molecular weight is 286 g/mol. The first kappa shape index (κ1) is 16.8. The molecule has 0 aromatic heterocycles. The average Bonchev–Trinajstić information content (AvgIpc) is 2.42. The number of nitrogens with zero attached hydrogens (tertiary/aromatic N) is 1. The van der Waals surface area contributed by atoms with Crippen molar-refractivity contribution in [3.8, 4) is 0 Å². The second-order valence-corrected chi connectivity index (χ2v) is 5.65. The fraction of sp³-hybridized carbons (Fsp3) is 0.857. The molecule has 2 amide bonds. The Morgan fingerprint density at radius 1 is 1.35 bits per heavy atom. The van der Waals surface area contributed by atoms with Gasteiger partial charge in [0.2, 0.25) is 0 Å². The molecule has 0 heterocycles. The first-order valence-electron chi connectivity index (χ1n) is 7.20. The fourth-order valence-electron chi connectivity index (χ4n) is 2.54. The van der Waals surface area contributed by atoms with Crippen LogP contribution in [0.15, 0.2) is 0 Å². The van der Waals surface area contributed by atoms with Crippen molar-refractivity contribution in [3.63, 3.8) is 0 Å². The molecule has 1 aliphatic rings. The number of amides is 2. The highest BCUT2D eigenvalue weighted by Crippen LogP contribution is 2.26. The number of hydrogen-bond donors (Lipinski definition) is 2. The van der Waals surface area contributed by atoms with E-state index in [4.69, 9.17) is 9.84 Å². The Balaban J connectivity index is 2.48. The highest BCUT2D eigenvalue weighted by atomic mass is 16.5. The van der Waals surface area contributed by atoms with E-state index < -0.39 is 12.0 Å². The van der Waals surface area contributed by atoms with Crippen LogP contribution < -0.4 is 5.32 Å². The second kappa shape index (κ2) is 8.09. The largest absolute Gasteiger partial charge is 0.480 e. The third-order valence-electron chi connectivity index (χ3n) is 4.06. The molecule has 0 aromatic rings. The zero-order valence-electron chi connectivity index (χ0n) is 12.6. The van der Waals surface area contributed by atoms with E-state index in [9.17, 15) is 9.59 Å². The van der Waals surface area contributed by atoms with Gasteiger partial charge in [0.05, 0.1) is 0 Å². The molecular weight excluding hydrogens is 260 g/mol. The highest BCUT2D eigenvalue weighted by Gasteiger charge is 2.27. The number of hydrogen-bond acceptors (Lipinski definition) is 3. The summed E-state index contributed by atoms with van der Waals surface area (Å²) in [5.74, 6) is -0.308. The summed E-state index contributed by atoms with van der Waals surface area (Å²) in [6.45, 7) is 2.53. The molecule has 6 nitrogen and oxygen atoms in total. The molecule has 1 unspecified atom stereocenters. The number of carbonyl (C=O) groups excluding carboxylic acids is 1. The zero-order valence-corrected chi connectivity index (χ0v) is 12.6. The van der Waals surface area contributed by atoms with E-state index in [1.54, 1.807) is 11.9 Å². The first-order valence-corrected chi connectivity index (χ1v) is 7.20. The summed E-state index contributed by atoms with van der Waals surface area (Å²) in [5.41, 5.74) is 0. The van der Waals surface area contributed by atoms with Crippen LogP contribution in [0.4, 0.5) is 4.79 Å². The highest BCUT2D eigenvalue weighted by molar-refractivity contribution is 5.82. The molecule has 1 fully saturated rings. The normalized spacial score (nSPS) is 23.9. The molecule has 1 saturated carbocycles. The van der Waals surface area contributed by atoms with Gasteiger partial charge in [-0.2, -0.15) is 0 Å². The van der Waals surface area contributed by atoms with Gasteiger partial charge in [0, 0.05) is 33.2 Å². The summed E-state index contributed by atoms with van der Waals surface area (Å²) in [4.78, 5) is 24.9. The van der Waals surface area contributed by atoms with Crippen LogP contribution in [-0.4, -0.2) is 54.9 Å². The minimum atomic E-state index is -1.03. The summed E-state index contributed by atoms with van der Waals surface area (Å²) in [6, 6.07) is -0.997. The van der Waals surface area contributed by atoms with Crippen molar-refractivity contribution in [2.75, 3.05) is 20.8 Å². The Morgan fingerprint density at radius 3 is 2.45 bits per heavy atom. The Hall–Kier alpha value is -1.30. The predicted octanol–water partition coefficient (Wildman–Crippen LogP) is 1.70. The molecule has 1 aliphatic carbocycles. The zero-order chi connectivity index (χ0) is 15.1. The van der Waals surface area contributed by atoms with Crippen LogP contribution in [0.25, 0.3) is 0 Å². The van der Waals surface area contributed by atoms with Crippen molar-refractivity contribution in [3.05, 3.63) is 0 Å². The summed E-state index contributed by atoms with van der Waals surface area (Å²) >= 11 is 0. The Morgan fingerprint density at radius 2 is 1.95 bits per heavy atom. The number of aliphatic carboxylic acids is 1. The van der Waals surface area contributed by atoms with E-state index in [1.165, 1.54) is 7.11 Å². The Kier molecular flexibility index (Phi) is 6.78. The number of carboxylic acid groups (broad SMARTS) is 1. The summed E-state index contributed by atoms with van der Waals surface area (Å²) in [7, 11) is 3.25. The van der Waals surface area contributed by atoms with Gasteiger partial charge < -0.3 is 20.1 Å². The monoisotopic (exact) mass is 286 g/mol. The van der Waals surface area contributed by atoms with Gasteiger partial charge in [0.25, 0.3) is 0 Å². The molecule has 1 rings (SSSR count). The molecule has 0 spiro atoms. The Bertz CT molecular complexity index is 327. The molecular formula is C14H26N2O4. The lowest BCUT2D eigenvalue weighted by atomic mass is 9.87. The van der Waals surface area contributed by atoms with Gasteiger partial charge >= 0.3 is 12.0 Å². The number of carboxylic acids is 1.